The van der Waals surface area contributed by atoms with Crippen LogP contribution in [0.25, 0.3) is 0 Å². The fraction of sp³-hybridized carbons (Fsp3) is 0.625. The van der Waals surface area contributed by atoms with Crippen molar-refractivity contribution < 1.29 is 19.3 Å². The van der Waals surface area contributed by atoms with E-state index in [1.54, 1.807) is 12.1 Å². The number of hydrogen-bond donors (Lipinski definition) is 0. The van der Waals surface area contributed by atoms with Gasteiger partial charge in [0.15, 0.2) is 0 Å². The van der Waals surface area contributed by atoms with Crippen LogP contribution in [-0.2, 0) is 14.5 Å². The van der Waals surface area contributed by atoms with Crippen LogP contribution in [-0.4, -0.2) is 34.9 Å². The lowest BCUT2D eigenvalue weighted by Gasteiger charge is -2.28. The zero-order valence-electron chi connectivity index (χ0n) is 18.8. The van der Waals surface area contributed by atoms with Crippen molar-refractivity contribution in [2.45, 2.75) is 96.7 Å². The van der Waals surface area contributed by atoms with Crippen molar-refractivity contribution in [2.24, 2.45) is 10.3 Å². The van der Waals surface area contributed by atoms with Gasteiger partial charge in [-0.05, 0) is 69.2 Å². The van der Waals surface area contributed by atoms with Gasteiger partial charge in [0.2, 0.25) is 0 Å². The molecule has 0 spiro atoms. The highest BCUT2D eigenvalue weighted by Crippen LogP contribution is 2.24. The van der Waals surface area contributed by atoms with Gasteiger partial charge in [-0.3, -0.25) is 9.63 Å². The summed E-state index contributed by atoms with van der Waals surface area (Å²) in [6, 6.07) is 8.94. The largest absolute Gasteiger partial charge is 0.388 e. The van der Waals surface area contributed by atoms with Gasteiger partial charge in [0.25, 0.3) is 5.91 Å². The van der Waals surface area contributed by atoms with Crippen LogP contribution in [0.2, 0.25) is 0 Å². The van der Waals surface area contributed by atoms with E-state index in [2.05, 4.69) is 10.3 Å². The Labute approximate surface area is 185 Å². The molecule has 7 heteroatoms. The van der Waals surface area contributed by atoms with Crippen LogP contribution in [0.4, 0.5) is 0 Å². The molecule has 0 bridgehead atoms. The highest BCUT2D eigenvalue weighted by Gasteiger charge is 2.30. The van der Waals surface area contributed by atoms with Crippen molar-refractivity contribution in [3.05, 3.63) is 35.9 Å². The number of hydroxylamine groups is 2. The van der Waals surface area contributed by atoms with Crippen LogP contribution in [0, 0.1) is 0 Å². The molecule has 1 amide bonds. The maximum Gasteiger partial charge on any atom is 0.386 e. The summed E-state index contributed by atoms with van der Waals surface area (Å²) in [5, 5.41) is 9.50. The molecule has 170 valence electrons. The first-order chi connectivity index (χ1) is 15.2. The Kier molecular flexibility index (Phi) is 9.34. The second-order valence-electron chi connectivity index (χ2n) is 8.34. The van der Waals surface area contributed by atoms with Gasteiger partial charge in [-0.2, -0.15) is 0 Å². The summed E-state index contributed by atoms with van der Waals surface area (Å²) in [6.07, 6.45) is 11.2. The molecule has 2 aliphatic rings. The minimum Gasteiger partial charge on any atom is -0.388 e. The molecule has 0 aliphatic heterocycles. The normalized spacial score (nSPS) is 19.2. The molecule has 1 aromatic carbocycles. The van der Waals surface area contributed by atoms with Crippen LogP contribution in [0.1, 0.15) is 94.8 Å². The fourth-order valence-electron chi connectivity index (χ4n) is 3.76. The molecule has 7 nitrogen and oxygen atoms in total. The number of amides is 1. The Bertz CT molecular complexity index is 738. The summed E-state index contributed by atoms with van der Waals surface area (Å²) in [7, 11) is 0. The smallest absolute Gasteiger partial charge is 0.386 e. The second kappa shape index (κ2) is 12.4. The standard InChI is InChI=1S/C24H35N3O4/c1-3-19(2)25-30-24(26-29-21-15-9-5-10-16-21)27(31-22-17-11-6-12-18-22)23(28)20-13-7-4-8-14-20/h4,7-8,13-14,21-22H,3,5-6,9-12,15-18H2,1-2H3. The maximum atomic E-state index is 13.4. The average Bonchev–Trinajstić information content (AvgIpc) is 2.84. The van der Waals surface area contributed by atoms with Crippen molar-refractivity contribution in [3.8, 4) is 0 Å². The Hall–Kier alpha value is -2.41. The Morgan fingerprint density at radius 1 is 0.935 bits per heavy atom. The molecule has 0 atom stereocenters. The van der Waals surface area contributed by atoms with Crippen molar-refractivity contribution in [2.75, 3.05) is 0 Å². The fourth-order valence-corrected chi connectivity index (χ4v) is 3.76. The van der Waals surface area contributed by atoms with E-state index in [0.717, 1.165) is 68.6 Å². The van der Waals surface area contributed by atoms with Crippen LogP contribution in [0.3, 0.4) is 0 Å². The summed E-state index contributed by atoms with van der Waals surface area (Å²) >= 11 is 0. The number of benzene rings is 1. The van der Waals surface area contributed by atoms with Gasteiger partial charge in [-0.25, -0.2) is 0 Å². The number of carbonyl (C=O) groups is 1. The lowest BCUT2D eigenvalue weighted by atomic mass is 9.98. The highest BCUT2D eigenvalue weighted by molar-refractivity contribution is 6.03. The van der Waals surface area contributed by atoms with Gasteiger partial charge < -0.3 is 9.68 Å². The molecule has 2 aliphatic carbocycles. The molecule has 0 aromatic heterocycles. The quantitative estimate of drug-likeness (QED) is 0.311. The summed E-state index contributed by atoms with van der Waals surface area (Å²) in [6.45, 7) is 3.86. The van der Waals surface area contributed by atoms with E-state index in [4.69, 9.17) is 14.5 Å². The molecule has 0 saturated heterocycles. The molecular formula is C24H35N3O4. The molecule has 2 fully saturated rings. The molecule has 0 unspecified atom stereocenters. The van der Waals surface area contributed by atoms with Gasteiger partial charge in [-0.1, -0.05) is 56.0 Å². The number of rotatable bonds is 7. The Morgan fingerprint density at radius 3 is 2.16 bits per heavy atom. The molecule has 0 heterocycles. The second-order valence-corrected chi connectivity index (χ2v) is 8.34. The number of carbonyl (C=O) groups excluding carboxylic acids is 1. The van der Waals surface area contributed by atoms with Crippen molar-refractivity contribution in [3.63, 3.8) is 0 Å². The van der Waals surface area contributed by atoms with E-state index in [-0.39, 0.29) is 24.1 Å². The molecule has 1 aromatic rings. The molecular weight excluding hydrogens is 394 g/mol. The monoisotopic (exact) mass is 429 g/mol. The predicted octanol–water partition coefficient (Wildman–Crippen LogP) is 5.82. The topological polar surface area (TPSA) is 72.7 Å². The summed E-state index contributed by atoms with van der Waals surface area (Å²) in [4.78, 5) is 30.9. The molecule has 0 N–H and O–H groups in total. The Morgan fingerprint density at radius 2 is 1.55 bits per heavy atom. The van der Waals surface area contributed by atoms with Gasteiger partial charge in [0.05, 0.1) is 11.8 Å². The van der Waals surface area contributed by atoms with Crippen LogP contribution < -0.4 is 0 Å². The first kappa shape index (κ1) is 23.3. The van der Waals surface area contributed by atoms with E-state index in [9.17, 15) is 4.79 Å². The molecule has 0 radical (unpaired) electrons. The van der Waals surface area contributed by atoms with E-state index in [0.29, 0.717) is 5.56 Å². The number of amidine groups is 1. The lowest BCUT2D eigenvalue weighted by Crippen LogP contribution is -2.41. The summed E-state index contributed by atoms with van der Waals surface area (Å²) in [5.41, 5.74) is 1.28. The van der Waals surface area contributed by atoms with Gasteiger partial charge >= 0.3 is 6.02 Å². The highest BCUT2D eigenvalue weighted by atomic mass is 16.8. The van der Waals surface area contributed by atoms with Crippen molar-refractivity contribution in [1.29, 1.82) is 0 Å². The van der Waals surface area contributed by atoms with Gasteiger partial charge in [-0.15, -0.1) is 5.06 Å². The van der Waals surface area contributed by atoms with Crippen LogP contribution >= 0.6 is 0 Å². The van der Waals surface area contributed by atoms with E-state index in [1.165, 1.54) is 12.8 Å². The van der Waals surface area contributed by atoms with E-state index >= 15 is 0 Å². The third kappa shape index (κ3) is 7.35. The zero-order valence-corrected chi connectivity index (χ0v) is 18.8. The molecule has 2 saturated carbocycles. The van der Waals surface area contributed by atoms with Crippen LogP contribution in [0.15, 0.2) is 40.6 Å². The maximum absolute atomic E-state index is 13.4. The summed E-state index contributed by atoms with van der Waals surface area (Å²) in [5.74, 6) is -0.346. The van der Waals surface area contributed by atoms with E-state index in [1.807, 2.05) is 32.0 Å². The average molecular weight is 430 g/mol. The predicted molar refractivity (Wildman–Crippen MR) is 120 cm³/mol. The first-order valence-corrected chi connectivity index (χ1v) is 11.7. The van der Waals surface area contributed by atoms with E-state index < -0.39 is 0 Å². The zero-order chi connectivity index (χ0) is 21.9. The van der Waals surface area contributed by atoms with Crippen molar-refractivity contribution in [1.82, 2.24) is 5.06 Å². The van der Waals surface area contributed by atoms with Gasteiger partial charge in [0.1, 0.15) is 6.10 Å². The lowest BCUT2D eigenvalue weighted by molar-refractivity contribution is -0.142. The number of hydrogen-bond acceptors (Lipinski definition) is 6. The minimum absolute atomic E-state index is 0.0203. The van der Waals surface area contributed by atoms with Crippen LogP contribution in [0.5, 0.6) is 0 Å². The number of oxime groups is 2. The first-order valence-electron chi connectivity index (χ1n) is 11.7. The third-order valence-electron chi connectivity index (χ3n) is 5.81. The molecule has 3 rings (SSSR count). The SMILES string of the molecule is CCC(C)=NOC(=NOC1CCCCC1)N(OC1CCCCC1)C(=O)c1ccccc1. The third-order valence-corrected chi connectivity index (χ3v) is 5.81. The minimum atomic E-state index is -0.346. The van der Waals surface area contributed by atoms with Crippen molar-refractivity contribution >= 4 is 17.6 Å². The summed E-state index contributed by atoms with van der Waals surface area (Å²) < 4.78 is 0. The Balaban J connectivity index is 1.86. The number of nitrogens with zero attached hydrogens (tertiary/aromatic N) is 3. The molecule has 31 heavy (non-hydrogen) atoms. The van der Waals surface area contributed by atoms with Gasteiger partial charge in [0, 0.05) is 5.56 Å².